The van der Waals surface area contributed by atoms with Crippen LogP contribution in [0.4, 0.5) is 0 Å². The van der Waals surface area contributed by atoms with Gasteiger partial charge in [-0.1, -0.05) is 17.7 Å². The van der Waals surface area contributed by atoms with Crippen molar-refractivity contribution in [3.8, 4) is 11.5 Å². The van der Waals surface area contributed by atoms with Gasteiger partial charge in [0.1, 0.15) is 18.0 Å². The van der Waals surface area contributed by atoms with Gasteiger partial charge in [0.15, 0.2) is 0 Å². The average molecular weight is 339 g/mol. The fourth-order valence-corrected chi connectivity index (χ4v) is 3.06. The molecule has 0 radical (unpaired) electrons. The van der Waals surface area contributed by atoms with E-state index >= 15 is 0 Å². The standard InChI is InChI=1S/C19H17NO5/c1-10-6-11(2)17(12(3)7-10)25-13-4-5-14-15(8-13)19(24)20(18(14)23)9-16(21)22/h4-8H,9H2,1-3H3,(H,21,22). The molecule has 3 rings (SSSR count). The van der Waals surface area contributed by atoms with E-state index in [4.69, 9.17) is 9.84 Å². The number of carboxylic acids is 1. The molecule has 0 aliphatic carbocycles. The number of rotatable bonds is 4. The van der Waals surface area contributed by atoms with Crippen LogP contribution in [0.1, 0.15) is 37.4 Å². The number of nitrogens with zero attached hydrogens (tertiary/aromatic N) is 1. The molecule has 2 amide bonds. The van der Waals surface area contributed by atoms with Gasteiger partial charge in [-0.15, -0.1) is 0 Å². The highest BCUT2D eigenvalue weighted by Crippen LogP contribution is 2.33. The molecule has 2 aromatic carbocycles. The lowest BCUT2D eigenvalue weighted by Crippen LogP contribution is -2.34. The minimum Gasteiger partial charge on any atom is -0.480 e. The second kappa shape index (κ2) is 6.05. The van der Waals surface area contributed by atoms with E-state index in [0.717, 1.165) is 21.6 Å². The summed E-state index contributed by atoms with van der Waals surface area (Å²) in [4.78, 5) is 36.0. The van der Waals surface area contributed by atoms with Crippen LogP contribution in [0.15, 0.2) is 30.3 Å². The highest BCUT2D eigenvalue weighted by molar-refractivity contribution is 6.22. The molecule has 1 N–H and O–H groups in total. The van der Waals surface area contributed by atoms with Gasteiger partial charge >= 0.3 is 5.97 Å². The molecule has 0 atom stereocenters. The fourth-order valence-electron chi connectivity index (χ4n) is 3.06. The van der Waals surface area contributed by atoms with Crippen molar-refractivity contribution < 1.29 is 24.2 Å². The first-order valence-corrected chi connectivity index (χ1v) is 7.75. The number of carbonyl (C=O) groups is 3. The van der Waals surface area contributed by atoms with E-state index in [0.29, 0.717) is 11.5 Å². The summed E-state index contributed by atoms with van der Waals surface area (Å²) in [6, 6.07) is 8.58. The summed E-state index contributed by atoms with van der Waals surface area (Å²) in [5.74, 6) is -1.34. The number of fused-ring (bicyclic) bond motifs is 1. The van der Waals surface area contributed by atoms with E-state index in [9.17, 15) is 14.4 Å². The number of benzene rings is 2. The van der Waals surface area contributed by atoms with Crippen LogP contribution in [0.25, 0.3) is 0 Å². The third-order valence-corrected chi connectivity index (χ3v) is 4.06. The zero-order valence-corrected chi connectivity index (χ0v) is 14.1. The predicted molar refractivity (Wildman–Crippen MR) is 90.2 cm³/mol. The number of imide groups is 1. The van der Waals surface area contributed by atoms with Crippen LogP contribution < -0.4 is 4.74 Å². The third-order valence-electron chi connectivity index (χ3n) is 4.06. The van der Waals surface area contributed by atoms with E-state index in [2.05, 4.69) is 0 Å². The van der Waals surface area contributed by atoms with E-state index < -0.39 is 24.3 Å². The van der Waals surface area contributed by atoms with Crippen molar-refractivity contribution in [2.24, 2.45) is 0 Å². The lowest BCUT2D eigenvalue weighted by atomic mass is 10.1. The molecule has 2 aromatic rings. The largest absolute Gasteiger partial charge is 0.480 e. The Morgan fingerprint density at radius 1 is 1.00 bits per heavy atom. The Labute approximate surface area is 144 Å². The number of ether oxygens (including phenoxy) is 1. The average Bonchev–Trinajstić information content (AvgIpc) is 2.75. The van der Waals surface area contributed by atoms with Gasteiger partial charge in [0, 0.05) is 0 Å². The lowest BCUT2D eigenvalue weighted by Gasteiger charge is -2.13. The summed E-state index contributed by atoms with van der Waals surface area (Å²) in [6.45, 7) is 5.22. The molecule has 0 aromatic heterocycles. The Hall–Kier alpha value is -3.15. The van der Waals surface area contributed by atoms with Gasteiger partial charge in [-0.25, -0.2) is 0 Å². The van der Waals surface area contributed by atoms with Gasteiger partial charge in [-0.2, -0.15) is 0 Å². The summed E-state index contributed by atoms with van der Waals surface area (Å²) in [6.07, 6.45) is 0. The summed E-state index contributed by atoms with van der Waals surface area (Å²) in [5.41, 5.74) is 3.41. The third kappa shape index (κ3) is 2.98. The first kappa shape index (κ1) is 16.7. The van der Waals surface area contributed by atoms with Crippen LogP contribution in [-0.4, -0.2) is 34.3 Å². The highest BCUT2D eigenvalue weighted by Gasteiger charge is 2.37. The molecule has 0 unspecified atom stereocenters. The number of carbonyl (C=O) groups excluding carboxylic acids is 2. The zero-order valence-electron chi connectivity index (χ0n) is 14.1. The molecule has 1 aliphatic rings. The zero-order chi connectivity index (χ0) is 18.3. The molecular formula is C19H17NO5. The first-order valence-electron chi connectivity index (χ1n) is 7.75. The van der Waals surface area contributed by atoms with Gasteiger partial charge in [0.05, 0.1) is 11.1 Å². The Bertz CT molecular complexity index is 893. The van der Waals surface area contributed by atoms with Crippen LogP contribution in [0.2, 0.25) is 0 Å². The highest BCUT2D eigenvalue weighted by atomic mass is 16.5. The molecule has 0 spiro atoms. The summed E-state index contributed by atoms with van der Waals surface area (Å²) in [7, 11) is 0. The van der Waals surface area contributed by atoms with Crippen molar-refractivity contribution in [2.45, 2.75) is 20.8 Å². The molecule has 0 fully saturated rings. The van der Waals surface area contributed by atoms with Crippen LogP contribution in [-0.2, 0) is 4.79 Å². The van der Waals surface area contributed by atoms with E-state index in [1.807, 2.05) is 32.9 Å². The van der Waals surface area contributed by atoms with E-state index in [1.165, 1.54) is 12.1 Å². The lowest BCUT2D eigenvalue weighted by molar-refractivity contribution is -0.137. The number of hydrogen-bond acceptors (Lipinski definition) is 4. The number of aryl methyl sites for hydroxylation is 3. The van der Waals surface area contributed by atoms with Crippen molar-refractivity contribution in [1.29, 1.82) is 0 Å². The number of aliphatic carboxylic acids is 1. The quantitative estimate of drug-likeness (QED) is 0.866. The van der Waals surface area contributed by atoms with Gasteiger partial charge < -0.3 is 9.84 Å². The van der Waals surface area contributed by atoms with Crippen molar-refractivity contribution in [3.05, 3.63) is 58.1 Å². The van der Waals surface area contributed by atoms with Crippen LogP contribution in [0.5, 0.6) is 11.5 Å². The fraction of sp³-hybridized carbons (Fsp3) is 0.211. The monoisotopic (exact) mass is 339 g/mol. The summed E-state index contributed by atoms with van der Waals surface area (Å²) < 4.78 is 5.92. The minimum absolute atomic E-state index is 0.158. The van der Waals surface area contributed by atoms with E-state index in [-0.39, 0.29) is 11.1 Å². The SMILES string of the molecule is Cc1cc(C)c(Oc2ccc3c(c2)C(=O)N(CC(=O)O)C3=O)c(C)c1. The Morgan fingerprint density at radius 2 is 1.60 bits per heavy atom. The molecule has 0 saturated heterocycles. The summed E-state index contributed by atoms with van der Waals surface area (Å²) >= 11 is 0. The molecule has 128 valence electrons. The smallest absolute Gasteiger partial charge is 0.323 e. The van der Waals surface area contributed by atoms with Crippen molar-refractivity contribution in [2.75, 3.05) is 6.54 Å². The number of carboxylic acid groups (broad SMARTS) is 1. The van der Waals surface area contributed by atoms with Crippen LogP contribution in [0, 0.1) is 20.8 Å². The maximum Gasteiger partial charge on any atom is 0.323 e. The first-order chi connectivity index (χ1) is 11.8. The number of hydrogen-bond donors (Lipinski definition) is 1. The topological polar surface area (TPSA) is 83.9 Å². The molecule has 1 aliphatic heterocycles. The molecular weight excluding hydrogens is 322 g/mol. The molecule has 1 heterocycles. The summed E-state index contributed by atoms with van der Waals surface area (Å²) in [5, 5.41) is 8.85. The second-order valence-corrected chi connectivity index (χ2v) is 6.13. The van der Waals surface area contributed by atoms with Gasteiger partial charge in [-0.05, 0) is 50.1 Å². The number of amides is 2. The Morgan fingerprint density at radius 3 is 2.20 bits per heavy atom. The Balaban J connectivity index is 1.94. The normalized spacial score (nSPS) is 13.2. The van der Waals surface area contributed by atoms with Crippen molar-refractivity contribution in [1.82, 2.24) is 4.90 Å². The van der Waals surface area contributed by atoms with Gasteiger partial charge in [-0.3, -0.25) is 19.3 Å². The van der Waals surface area contributed by atoms with Gasteiger partial charge in [0.2, 0.25) is 0 Å². The van der Waals surface area contributed by atoms with Crippen LogP contribution >= 0.6 is 0 Å². The Kier molecular flexibility index (Phi) is 4.04. The van der Waals surface area contributed by atoms with Crippen molar-refractivity contribution in [3.63, 3.8) is 0 Å². The van der Waals surface area contributed by atoms with Crippen molar-refractivity contribution >= 4 is 17.8 Å². The maximum absolute atomic E-state index is 12.3. The molecule has 25 heavy (non-hydrogen) atoms. The molecule has 0 saturated carbocycles. The second-order valence-electron chi connectivity index (χ2n) is 6.13. The predicted octanol–water partition coefficient (Wildman–Crippen LogP) is 3.08. The maximum atomic E-state index is 12.3. The van der Waals surface area contributed by atoms with E-state index in [1.54, 1.807) is 6.07 Å². The molecule has 0 bridgehead atoms. The minimum atomic E-state index is -1.24. The molecule has 6 nitrogen and oxygen atoms in total. The molecule has 6 heteroatoms. The van der Waals surface area contributed by atoms with Crippen LogP contribution in [0.3, 0.4) is 0 Å². The van der Waals surface area contributed by atoms with Gasteiger partial charge in [0.25, 0.3) is 11.8 Å².